The van der Waals surface area contributed by atoms with Gasteiger partial charge in [-0.3, -0.25) is 4.40 Å². The van der Waals surface area contributed by atoms with Crippen molar-refractivity contribution >= 4 is 16.7 Å². The van der Waals surface area contributed by atoms with Gasteiger partial charge in [0, 0.05) is 12.3 Å². The molecule has 0 spiro atoms. The molecule has 0 radical (unpaired) electrons. The van der Waals surface area contributed by atoms with Crippen LogP contribution in [0.4, 0.5) is 4.39 Å². The Morgan fingerprint density at radius 3 is 2.50 bits per heavy atom. The summed E-state index contributed by atoms with van der Waals surface area (Å²) in [7, 11) is 3.09. The smallest absolute Gasteiger partial charge is 0.165 e. The maximum Gasteiger partial charge on any atom is 0.165 e. The molecule has 2 aromatic carbocycles. The molecule has 0 aliphatic carbocycles. The van der Waals surface area contributed by atoms with E-state index in [1.807, 2.05) is 47.0 Å². The van der Waals surface area contributed by atoms with Crippen molar-refractivity contribution in [2.75, 3.05) is 14.2 Å². The number of imidazole rings is 1. The van der Waals surface area contributed by atoms with E-state index in [1.165, 1.54) is 13.2 Å². The van der Waals surface area contributed by atoms with Gasteiger partial charge < -0.3 is 9.47 Å². The Kier molecular flexibility index (Phi) is 3.34. The maximum atomic E-state index is 13.9. The minimum atomic E-state index is -0.381. The first-order valence-corrected chi connectivity index (χ1v) is 7.49. The summed E-state index contributed by atoms with van der Waals surface area (Å²) in [6, 6.07) is 14.6. The van der Waals surface area contributed by atoms with Crippen LogP contribution in [-0.2, 0) is 0 Å². The Hall–Kier alpha value is -3.08. The van der Waals surface area contributed by atoms with Crippen molar-refractivity contribution in [1.29, 1.82) is 0 Å². The topological polar surface area (TPSA) is 35.8 Å². The van der Waals surface area contributed by atoms with Crippen molar-refractivity contribution in [2.45, 2.75) is 0 Å². The molecule has 4 rings (SSSR count). The summed E-state index contributed by atoms with van der Waals surface area (Å²) in [6.45, 7) is 0. The van der Waals surface area contributed by atoms with Crippen molar-refractivity contribution in [3.63, 3.8) is 0 Å². The van der Waals surface area contributed by atoms with Gasteiger partial charge in [0.2, 0.25) is 0 Å². The molecule has 0 N–H and O–H groups in total. The minimum Gasteiger partial charge on any atom is -0.497 e. The second-order valence-corrected chi connectivity index (χ2v) is 5.46. The number of methoxy groups -OCH3 is 2. The van der Waals surface area contributed by atoms with E-state index in [2.05, 4.69) is 4.98 Å². The van der Waals surface area contributed by atoms with E-state index in [0.29, 0.717) is 0 Å². The summed E-state index contributed by atoms with van der Waals surface area (Å²) in [6.07, 6.45) is 1.93. The number of halogens is 1. The van der Waals surface area contributed by atoms with Crippen LogP contribution in [0.25, 0.3) is 27.8 Å². The third-order valence-electron chi connectivity index (χ3n) is 4.10. The predicted octanol–water partition coefficient (Wildman–Crippen LogP) is 4.31. The molecule has 4 aromatic rings. The molecule has 0 amide bonds. The van der Waals surface area contributed by atoms with E-state index in [9.17, 15) is 4.39 Å². The molecule has 0 fully saturated rings. The highest BCUT2D eigenvalue weighted by atomic mass is 19.1. The normalized spacial score (nSPS) is 11.1. The van der Waals surface area contributed by atoms with Crippen LogP contribution in [-0.4, -0.2) is 23.6 Å². The molecule has 5 heteroatoms. The molecule has 0 aliphatic heterocycles. The van der Waals surface area contributed by atoms with E-state index in [0.717, 1.165) is 33.6 Å². The Bertz CT molecular complexity index is 1060. The molecule has 0 unspecified atom stereocenters. The second-order valence-electron chi connectivity index (χ2n) is 5.46. The zero-order valence-electron chi connectivity index (χ0n) is 13.3. The summed E-state index contributed by atoms with van der Waals surface area (Å²) in [5.41, 5.74) is 4.32. The summed E-state index contributed by atoms with van der Waals surface area (Å²) in [5.74, 6) is 0.636. The first kappa shape index (κ1) is 14.5. The minimum absolute atomic E-state index is 0.235. The number of nitrogens with zero attached hydrogens (tertiary/aromatic N) is 2. The number of benzene rings is 2. The number of rotatable bonds is 3. The number of hydrogen-bond acceptors (Lipinski definition) is 3. The van der Waals surface area contributed by atoms with Gasteiger partial charge in [-0.1, -0.05) is 6.07 Å². The third-order valence-corrected chi connectivity index (χ3v) is 4.10. The van der Waals surface area contributed by atoms with E-state index < -0.39 is 0 Å². The van der Waals surface area contributed by atoms with Crippen LogP contribution < -0.4 is 9.47 Å². The molecular weight excluding hydrogens is 307 g/mol. The van der Waals surface area contributed by atoms with Crippen molar-refractivity contribution in [1.82, 2.24) is 9.38 Å². The van der Waals surface area contributed by atoms with Gasteiger partial charge in [0.25, 0.3) is 0 Å². The van der Waals surface area contributed by atoms with Crippen LogP contribution in [0.3, 0.4) is 0 Å². The Morgan fingerprint density at radius 2 is 1.75 bits per heavy atom. The van der Waals surface area contributed by atoms with Crippen LogP contribution in [0.15, 0.2) is 54.7 Å². The van der Waals surface area contributed by atoms with Crippen LogP contribution >= 0.6 is 0 Å². The zero-order valence-corrected chi connectivity index (χ0v) is 13.3. The average Bonchev–Trinajstić information content (AvgIpc) is 2.98. The fraction of sp³-hybridized carbons (Fsp3) is 0.105. The van der Waals surface area contributed by atoms with Crippen molar-refractivity contribution in [2.24, 2.45) is 0 Å². The third kappa shape index (κ3) is 2.25. The molecule has 0 saturated heterocycles. The largest absolute Gasteiger partial charge is 0.497 e. The van der Waals surface area contributed by atoms with Crippen LogP contribution in [0.1, 0.15) is 0 Å². The Labute approximate surface area is 138 Å². The van der Waals surface area contributed by atoms with Gasteiger partial charge in [0.05, 0.1) is 25.3 Å². The lowest BCUT2D eigenvalue weighted by atomic mass is 10.1. The number of pyridine rings is 1. The fourth-order valence-electron chi connectivity index (χ4n) is 2.84. The van der Waals surface area contributed by atoms with E-state index in [4.69, 9.17) is 9.47 Å². The van der Waals surface area contributed by atoms with Gasteiger partial charge in [-0.25, -0.2) is 9.37 Å². The molecule has 0 bridgehead atoms. The summed E-state index contributed by atoms with van der Waals surface area (Å²) in [4.78, 5) is 4.62. The van der Waals surface area contributed by atoms with Crippen molar-refractivity contribution in [3.8, 4) is 22.6 Å². The van der Waals surface area contributed by atoms with Gasteiger partial charge in [-0.05, 0) is 47.5 Å². The lowest BCUT2D eigenvalue weighted by Gasteiger charge is -2.06. The molecule has 0 atom stereocenters. The predicted molar refractivity (Wildman–Crippen MR) is 91.2 cm³/mol. The molecular formula is C19H15FN2O2. The standard InChI is InChI=1S/C19H15FN2O2/c1-23-14-4-5-16-17(11-14)22-8-7-13(10-19(22)21-16)12-3-6-18(24-2)15(20)9-12/h3-11H,1-2H3. The van der Waals surface area contributed by atoms with Gasteiger partial charge in [-0.15, -0.1) is 0 Å². The van der Waals surface area contributed by atoms with Crippen molar-refractivity contribution in [3.05, 3.63) is 60.5 Å². The maximum absolute atomic E-state index is 13.9. The summed E-state index contributed by atoms with van der Waals surface area (Å²) >= 11 is 0. The van der Waals surface area contributed by atoms with Crippen LogP contribution in [0, 0.1) is 5.82 Å². The second kappa shape index (κ2) is 5.53. The Balaban J connectivity index is 1.86. The first-order valence-electron chi connectivity index (χ1n) is 7.49. The number of ether oxygens (including phenoxy) is 2. The van der Waals surface area contributed by atoms with Crippen LogP contribution in [0.2, 0.25) is 0 Å². The SMILES string of the molecule is COc1ccc2nc3cc(-c4ccc(OC)c(F)c4)ccn3c2c1. The molecule has 24 heavy (non-hydrogen) atoms. The van der Waals surface area contributed by atoms with Gasteiger partial charge in [0.15, 0.2) is 11.6 Å². The number of aromatic nitrogens is 2. The molecule has 120 valence electrons. The highest BCUT2D eigenvalue weighted by molar-refractivity contribution is 5.83. The first-order chi connectivity index (χ1) is 11.7. The number of hydrogen-bond donors (Lipinski definition) is 0. The lowest BCUT2D eigenvalue weighted by molar-refractivity contribution is 0.386. The molecule has 0 aliphatic rings. The Morgan fingerprint density at radius 1 is 0.917 bits per heavy atom. The van der Waals surface area contributed by atoms with E-state index >= 15 is 0 Å². The van der Waals surface area contributed by atoms with E-state index in [1.54, 1.807) is 13.2 Å². The highest BCUT2D eigenvalue weighted by Crippen LogP contribution is 2.28. The van der Waals surface area contributed by atoms with Crippen LogP contribution in [0.5, 0.6) is 11.5 Å². The van der Waals surface area contributed by atoms with Gasteiger partial charge >= 0.3 is 0 Å². The molecule has 0 saturated carbocycles. The quantitative estimate of drug-likeness (QED) is 0.564. The number of fused-ring (bicyclic) bond motifs is 3. The summed E-state index contributed by atoms with van der Waals surface area (Å²) in [5, 5.41) is 0. The highest BCUT2D eigenvalue weighted by Gasteiger charge is 2.09. The average molecular weight is 322 g/mol. The van der Waals surface area contributed by atoms with Crippen molar-refractivity contribution < 1.29 is 13.9 Å². The summed E-state index contributed by atoms with van der Waals surface area (Å²) < 4.78 is 26.2. The molecule has 4 nitrogen and oxygen atoms in total. The molecule has 2 aromatic heterocycles. The van der Waals surface area contributed by atoms with Gasteiger partial charge in [0.1, 0.15) is 11.4 Å². The monoisotopic (exact) mass is 322 g/mol. The fourth-order valence-corrected chi connectivity index (χ4v) is 2.84. The molecule has 2 heterocycles. The lowest BCUT2D eigenvalue weighted by Crippen LogP contribution is -1.90. The van der Waals surface area contributed by atoms with Gasteiger partial charge in [-0.2, -0.15) is 0 Å². The van der Waals surface area contributed by atoms with E-state index in [-0.39, 0.29) is 11.6 Å². The zero-order chi connectivity index (χ0) is 16.7.